The van der Waals surface area contributed by atoms with Crippen LogP contribution in [0.1, 0.15) is 26.2 Å². The zero-order valence-corrected chi connectivity index (χ0v) is 12.2. The lowest BCUT2D eigenvalue weighted by Gasteiger charge is -2.27. The number of esters is 1. The zero-order valence-electron chi connectivity index (χ0n) is 12.2. The molecule has 8 nitrogen and oxygen atoms in total. The number of ether oxygens (including phenoxy) is 1. The minimum absolute atomic E-state index is 0.0407. The van der Waals surface area contributed by atoms with Crippen LogP contribution < -0.4 is 5.32 Å². The first-order valence-corrected chi connectivity index (χ1v) is 6.88. The molecule has 0 aromatic heterocycles. The van der Waals surface area contributed by atoms with Crippen LogP contribution in [0.4, 0.5) is 4.79 Å². The molecule has 3 N–H and O–H groups in total. The summed E-state index contributed by atoms with van der Waals surface area (Å²) in [6.45, 7) is 2.25. The highest BCUT2D eigenvalue weighted by molar-refractivity contribution is 5.83. The lowest BCUT2D eigenvalue weighted by Crippen LogP contribution is -2.51. The fraction of sp³-hybridized carbons (Fsp3) is 0.769. The highest BCUT2D eigenvalue weighted by Gasteiger charge is 2.35. The lowest BCUT2D eigenvalue weighted by atomic mass is 10.0. The van der Waals surface area contributed by atoms with E-state index in [0.29, 0.717) is 6.54 Å². The Hall–Kier alpha value is -1.83. The lowest BCUT2D eigenvalue weighted by molar-refractivity contribution is -0.142. The quantitative estimate of drug-likeness (QED) is 0.585. The Balaban J connectivity index is 2.60. The Morgan fingerprint density at radius 2 is 2.10 bits per heavy atom. The van der Waals surface area contributed by atoms with Gasteiger partial charge in [-0.15, -0.1) is 0 Å². The summed E-state index contributed by atoms with van der Waals surface area (Å²) in [5, 5.41) is 20.8. The van der Waals surface area contributed by atoms with Crippen LogP contribution in [-0.4, -0.2) is 65.4 Å². The van der Waals surface area contributed by atoms with E-state index < -0.39 is 24.0 Å². The average Bonchev–Trinajstić information content (AvgIpc) is 2.83. The van der Waals surface area contributed by atoms with Crippen molar-refractivity contribution in [2.75, 3.05) is 20.3 Å². The summed E-state index contributed by atoms with van der Waals surface area (Å²) in [5.74, 6) is -1.57. The Bertz CT molecular complexity index is 400. The molecule has 2 unspecified atom stereocenters. The van der Waals surface area contributed by atoms with E-state index >= 15 is 0 Å². The van der Waals surface area contributed by atoms with Gasteiger partial charge >= 0.3 is 18.0 Å². The first-order chi connectivity index (χ1) is 9.90. The van der Waals surface area contributed by atoms with Gasteiger partial charge in [0.1, 0.15) is 6.04 Å². The van der Waals surface area contributed by atoms with Crippen molar-refractivity contribution in [3.8, 4) is 0 Å². The Kier molecular flexibility index (Phi) is 6.41. The van der Waals surface area contributed by atoms with Gasteiger partial charge in [-0.25, -0.2) is 9.59 Å². The van der Waals surface area contributed by atoms with Crippen LogP contribution in [0, 0.1) is 5.92 Å². The van der Waals surface area contributed by atoms with Crippen molar-refractivity contribution in [3.63, 3.8) is 0 Å². The summed E-state index contributed by atoms with van der Waals surface area (Å²) in [6.07, 6.45) is 0.632. The standard InChI is InChI=1S/C13H22N2O6/c1-8-5-6-15(10(8)7-16)13(20)14-9(12(18)19)3-4-11(17)21-2/h8-10,16H,3-7H2,1-2H3,(H,14,20)(H,18,19)/t8?,9-,10?/m1/s1. The number of nitrogens with zero attached hydrogens (tertiary/aromatic N) is 1. The van der Waals surface area contributed by atoms with Crippen molar-refractivity contribution in [2.24, 2.45) is 5.92 Å². The molecule has 0 radical (unpaired) electrons. The molecule has 21 heavy (non-hydrogen) atoms. The van der Waals surface area contributed by atoms with E-state index in [1.54, 1.807) is 0 Å². The van der Waals surface area contributed by atoms with Crippen molar-refractivity contribution in [2.45, 2.75) is 38.3 Å². The van der Waals surface area contributed by atoms with Gasteiger partial charge in [0.25, 0.3) is 0 Å². The van der Waals surface area contributed by atoms with E-state index in [2.05, 4.69) is 10.1 Å². The molecule has 3 atom stereocenters. The average molecular weight is 302 g/mol. The number of aliphatic hydroxyl groups is 1. The molecule has 1 heterocycles. The molecule has 1 saturated heterocycles. The van der Waals surface area contributed by atoms with Crippen molar-refractivity contribution < 1.29 is 29.3 Å². The molecule has 1 aliphatic rings. The van der Waals surface area contributed by atoms with Crippen molar-refractivity contribution >= 4 is 18.0 Å². The number of carbonyl (C=O) groups excluding carboxylic acids is 2. The van der Waals surface area contributed by atoms with Crippen LogP contribution in [0.3, 0.4) is 0 Å². The maximum atomic E-state index is 12.1. The van der Waals surface area contributed by atoms with Gasteiger partial charge in [0.05, 0.1) is 19.8 Å². The van der Waals surface area contributed by atoms with E-state index in [1.165, 1.54) is 12.0 Å². The van der Waals surface area contributed by atoms with E-state index in [-0.39, 0.29) is 31.4 Å². The number of rotatable bonds is 6. The van der Waals surface area contributed by atoms with Gasteiger partial charge in [-0.2, -0.15) is 0 Å². The summed E-state index contributed by atoms with van der Waals surface area (Å²) in [5.41, 5.74) is 0. The van der Waals surface area contributed by atoms with E-state index in [0.717, 1.165) is 6.42 Å². The van der Waals surface area contributed by atoms with Crippen LogP contribution in [0.25, 0.3) is 0 Å². The predicted molar refractivity (Wildman–Crippen MR) is 72.6 cm³/mol. The van der Waals surface area contributed by atoms with Gasteiger partial charge in [0, 0.05) is 13.0 Å². The maximum Gasteiger partial charge on any atom is 0.326 e. The summed E-state index contributed by atoms with van der Waals surface area (Å²) < 4.78 is 4.45. The molecule has 0 bridgehead atoms. The number of carbonyl (C=O) groups is 3. The minimum Gasteiger partial charge on any atom is -0.480 e. The molecular formula is C13H22N2O6. The highest BCUT2D eigenvalue weighted by Crippen LogP contribution is 2.23. The maximum absolute atomic E-state index is 12.1. The number of hydrogen-bond donors (Lipinski definition) is 3. The molecule has 0 spiro atoms. The highest BCUT2D eigenvalue weighted by atomic mass is 16.5. The number of urea groups is 1. The second-order valence-corrected chi connectivity index (χ2v) is 5.16. The smallest absolute Gasteiger partial charge is 0.326 e. The van der Waals surface area contributed by atoms with Gasteiger partial charge < -0.3 is 25.2 Å². The molecule has 120 valence electrons. The molecule has 0 aliphatic carbocycles. The van der Waals surface area contributed by atoms with Crippen LogP contribution in [0.15, 0.2) is 0 Å². The van der Waals surface area contributed by atoms with Gasteiger partial charge in [0.15, 0.2) is 0 Å². The van der Waals surface area contributed by atoms with E-state index in [4.69, 9.17) is 5.11 Å². The molecule has 1 aliphatic heterocycles. The van der Waals surface area contributed by atoms with Crippen LogP contribution in [0.5, 0.6) is 0 Å². The number of nitrogens with one attached hydrogen (secondary N) is 1. The summed E-state index contributed by atoms with van der Waals surface area (Å²) in [7, 11) is 1.22. The minimum atomic E-state index is -1.21. The molecule has 8 heteroatoms. The number of aliphatic hydroxyl groups excluding tert-OH is 1. The molecule has 0 aromatic rings. The summed E-state index contributed by atoms with van der Waals surface area (Å²) in [6, 6.07) is -2.00. The van der Waals surface area contributed by atoms with Gasteiger partial charge in [-0.05, 0) is 18.8 Å². The molecular weight excluding hydrogens is 280 g/mol. The fourth-order valence-corrected chi connectivity index (χ4v) is 2.39. The number of aliphatic carboxylic acids is 1. The molecule has 0 saturated carbocycles. The Morgan fingerprint density at radius 1 is 1.43 bits per heavy atom. The number of amides is 2. The van der Waals surface area contributed by atoms with Gasteiger partial charge in [-0.1, -0.05) is 6.92 Å². The van der Waals surface area contributed by atoms with Crippen LogP contribution in [0.2, 0.25) is 0 Å². The topological polar surface area (TPSA) is 116 Å². The third kappa shape index (κ3) is 4.59. The van der Waals surface area contributed by atoms with E-state index in [9.17, 15) is 19.5 Å². The van der Waals surface area contributed by atoms with Crippen LogP contribution in [-0.2, 0) is 14.3 Å². The van der Waals surface area contributed by atoms with Crippen LogP contribution >= 0.6 is 0 Å². The first-order valence-electron chi connectivity index (χ1n) is 6.88. The number of carboxylic acid groups (broad SMARTS) is 1. The van der Waals surface area contributed by atoms with Crippen molar-refractivity contribution in [3.05, 3.63) is 0 Å². The SMILES string of the molecule is COC(=O)CC[C@@H](NC(=O)N1CCC(C)C1CO)C(=O)O. The second kappa shape index (κ2) is 7.82. The number of carboxylic acids is 1. The zero-order chi connectivity index (χ0) is 16.0. The van der Waals surface area contributed by atoms with Crippen molar-refractivity contribution in [1.82, 2.24) is 10.2 Å². The largest absolute Gasteiger partial charge is 0.480 e. The normalized spacial score (nSPS) is 22.7. The van der Waals surface area contributed by atoms with Crippen molar-refractivity contribution in [1.29, 1.82) is 0 Å². The fourth-order valence-electron chi connectivity index (χ4n) is 2.39. The molecule has 1 fully saturated rings. The summed E-state index contributed by atoms with van der Waals surface area (Å²) in [4.78, 5) is 35.7. The summed E-state index contributed by atoms with van der Waals surface area (Å²) >= 11 is 0. The molecule has 1 rings (SSSR count). The number of methoxy groups -OCH3 is 1. The molecule has 0 aromatic carbocycles. The Labute approximate surface area is 123 Å². The first kappa shape index (κ1) is 17.2. The number of likely N-dealkylation sites (tertiary alicyclic amines) is 1. The van der Waals surface area contributed by atoms with E-state index in [1.807, 2.05) is 6.92 Å². The van der Waals surface area contributed by atoms with Gasteiger partial charge in [0.2, 0.25) is 0 Å². The third-order valence-electron chi connectivity index (χ3n) is 3.79. The third-order valence-corrected chi connectivity index (χ3v) is 3.79. The molecule has 2 amide bonds. The second-order valence-electron chi connectivity index (χ2n) is 5.16. The van der Waals surface area contributed by atoms with Gasteiger partial charge in [-0.3, -0.25) is 4.79 Å². The monoisotopic (exact) mass is 302 g/mol. The Morgan fingerprint density at radius 3 is 2.62 bits per heavy atom. The predicted octanol–water partition coefficient (Wildman–Crippen LogP) is -0.195. The number of hydrogen-bond acceptors (Lipinski definition) is 5.